The SMILES string of the molecule is CNc1cc(OCC(F)(F)F)cc([N+](=O)[O-])c1. The number of hydrogen-bond donors (Lipinski definition) is 1. The molecule has 94 valence electrons. The van der Waals surface area contributed by atoms with E-state index in [0.29, 0.717) is 5.69 Å². The lowest BCUT2D eigenvalue weighted by Gasteiger charge is -2.10. The average molecular weight is 250 g/mol. The number of ether oxygens (including phenoxy) is 1. The number of benzene rings is 1. The second kappa shape index (κ2) is 4.89. The molecule has 0 saturated carbocycles. The first kappa shape index (κ1) is 13.1. The topological polar surface area (TPSA) is 64.4 Å². The summed E-state index contributed by atoms with van der Waals surface area (Å²) in [6, 6.07) is 3.38. The van der Waals surface area contributed by atoms with Gasteiger partial charge in [0.15, 0.2) is 6.61 Å². The number of nitro groups is 1. The predicted octanol–water partition coefficient (Wildman–Crippen LogP) is 2.58. The normalized spacial score (nSPS) is 11.1. The average Bonchev–Trinajstić information content (AvgIpc) is 2.25. The molecule has 0 heterocycles. The molecule has 0 aliphatic rings. The third-order valence-electron chi connectivity index (χ3n) is 1.79. The molecule has 5 nitrogen and oxygen atoms in total. The minimum absolute atomic E-state index is 0.208. The van der Waals surface area contributed by atoms with E-state index in [1.54, 1.807) is 0 Å². The summed E-state index contributed by atoms with van der Waals surface area (Å²) in [7, 11) is 1.49. The lowest BCUT2D eigenvalue weighted by Crippen LogP contribution is -2.19. The maximum atomic E-state index is 11.9. The van der Waals surface area contributed by atoms with Gasteiger partial charge in [0.2, 0.25) is 0 Å². The van der Waals surface area contributed by atoms with E-state index in [-0.39, 0.29) is 11.4 Å². The van der Waals surface area contributed by atoms with Crippen LogP contribution in [0.15, 0.2) is 18.2 Å². The molecule has 1 N–H and O–H groups in total. The molecule has 1 rings (SSSR count). The van der Waals surface area contributed by atoms with Crippen LogP contribution in [0.4, 0.5) is 24.5 Å². The highest BCUT2D eigenvalue weighted by Crippen LogP contribution is 2.27. The Morgan fingerprint density at radius 3 is 2.53 bits per heavy atom. The lowest BCUT2D eigenvalue weighted by atomic mass is 10.2. The van der Waals surface area contributed by atoms with Gasteiger partial charge in [-0.3, -0.25) is 10.1 Å². The fourth-order valence-electron chi connectivity index (χ4n) is 1.08. The van der Waals surface area contributed by atoms with Gasteiger partial charge in [0.05, 0.1) is 11.0 Å². The maximum Gasteiger partial charge on any atom is 0.422 e. The molecule has 0 saturated heterocycles. The molecular weight excluding hydrogens is 241 g/mol. The third-order valence-corrected chi connectivity index (χ3v) is 1.79. The van der Waals surface area contributed by atoms with E-state index in [9.17, 15) is 23.3 Å². The summed E-state index contributed by atoms with van der Waals surface area (Å²) >= 11 is 0. The molecule has 0 radical (unpaired) electrons. The van der Waals surface area contributed by atoms with Crippen molar-refractivity contribution in [1.82, 2.24) is 0 Å². The van der Waals surface area contributed by atoms with Gasteiger partial charge in [-0.2, -0.15) is 13.2 Å². The Kier molecular flexibility index (Phi) is 3.77. The molecule has 1 aromatic rings. The number of nitrogens with one attached hydrogen (secondary N) is 1. The van der Waals surface area contributed by atoms with E-state index >= 15 is 0 Å². The zero-order chi connectivity index (χ0) is 13.1. The molecule has 0 bridgehead atoms. The highest BCUT2D eigenvalue weighted by molar-refractivity contribution is 5.56. The lowest BCUT2D eigenvalue weighted by molar-refractivity contribution is -0.384. The van der Waals surface area contributed by atoms with Crippen LogP contribution in [0.25, 0.3) is 0 Å². The molecule has 8 heteroatoms. The zero-order valence-electron chi connectivity index (χ0n) is 8.75. The maximum absolute atomic E-state index is 11.9. The molecule has 0 amide bonds. The highest BCUT2D eigenvalue weighted by atomic mass is 19.4. The van der Waals surface area contributed by atoms with Crippen molar-refractivity contribution in [2.45, 2.75) is 6.18 Å². The molecule has 0 aromatic heterocycles. The van der Waals surface area contributed by atoms with Crippen molar-refractivity contribution in [2.24, 2.45) is 0 Å². The Balaban J connectivity index is 2.91. The van der Waals surface area contributed by atoms with Crippen molar-refractivity contribution in [3.8, 4) is 5.75 Å². The fourth-order valence-corrected chi connectivity index (χ4v) is 1.08. The number of alkyl halides is 3. The van der Waals surface area contributed by atoms with Crippen molar-refractivity contribution < 1.29 is 22.8 Å². The third kappa shape index (κ3) is 4.17. The summed E-state index contributed by atoms with van der Waals surface area (Å²) in [5.74, 6) is -0.208. The van der Waals surface area contributed by atoms with E-state index in [2.05, 4.69) is 10.1 Å². The minimum atomic E-state index is -4.48. The number of non-ortho nitro benzene ring substituents is 1. The van der Waals surface area contributed by atoms with Crippen molar-refractivity contribution in [1.29, 1.82) is 0 Å². The summed E-state index contributed by atoms with van der Waals surface area (Å²) in [5.41, 5.74) is -0.0367. The van der Waals surface area contributed by atoms with Crippen LogP contribution >= 0.6 is 0 Å². The van der Waals surface area contributed by atoms with E-state index in [1.807, 2.05) is 0 Å². The fraction of sp³-hybridized carbons (Fsp3) is 0.333. The van der Waals surface area contributed by atoms with Gasteiger partial charge in [0.25, 0.3) is 5.69 Å². The van der Waals surface area contributed by atoms with Crippen LogP contribution in [0.3, 0.4) is 0 Å². The Morgan fingerprint density at radius 1 is 1.41 bits per heavy atom. The van der Waals surface area contributed by atoms with Crippen LogP contribution in [0.1, 0.15) is 0 Å². The van der Waals surface area contributed by atoms with Crippen molar-refractivity contribution in [3.63, 3.8) is 0 Å². The Bertz CT molecular complexity index is 420. The zero-order valence-corrected chi connectivity index (χ0v) is 8.75. The number of rotatable bonds is 4. The first-order valence-electron chi connectivity index (χ1n) is 4.48. The molecule has 0 atom stereocenters. The van der Waals surface area contributed by atoms with Gasteiger partial charge < -0.3 is 10.1 Å². The molecule has 0 fully saturated rings. The van der Waals surface area contributed by atoms with Crippen molar-refractivity contribution in [3.05, 3.63) is 28.3 Å². The molecule has 1 aromatic carbocycles. The van der Waals surface area contributed by atoms with Crippen LogP contribution in [-0.2, 0) is 0 Å². The molecule has 0 spiro atoms. The number of nitrogens with zero attached hydrogens (tertiary/aromatic N) is 1. The van der Waals surface area contributed by atoms with E-state index < -0.39 is 17.7 Å². The van der Waals surface area contributed by atoms with Gasteiger partial charge >= 0.3 is 6.18 Å². The van der Waals surface area contributed by atoms with Crippen LogP contribution in [0.2, 0.25) is 0 Å². The van der Waals surface area contributed by atoms with Gasteiger partial charge in [0, 0.05) is 24.9 Å². The second-order valence-corrected chi connectivity index (χ2v) is 3.13. The summed E-state index contributed by atoms with van der Waals surface area (Å²) < 4.78 is 40.2. The van der Waals surface area contributed by atoms with Crippen LogP contribution in [-0.4, -0.2) is 24.8 Å². The molecular formula is C9H9F3N2O3. The predicted molar refractivity (Wildman–Crippen MR) is 54.2 cm³/mol. The number of hydrogen-bond acceptors (Lipinski definition) is 4. The number of nitro benzene ring substituents is 1. The van der Waals surface area contributed by atoms with Gasteiger partial charge in [-0.05, 0) is 0 Å². The monoisotopic (exact) mass is 250 g/mol. The smallest absolute Gasteiger partial charge is 0.422 e. The van der Waals surface area contributed by atoms with Gasteiger partial charge in [-0.15, -0.1) is 0 Å². The second-order valence-electron chi connectivity index (χ2n) is 3.13. The Morgan fingerprint density at radius 2 is 2.06 bits per heavy atom. The molecule has 0 aliphatic heterocycles. The van der Waals surface area contributed by atoms with Crippen molar-refractivity contribution >= 4 is 11.4 Å². The van der Waals surface area contributed by atoms with E-state index in [4.69, 9.17) is 0 Å². The van der Waals surface area contributed by atoms with Crippen LogP contribution in [0.5, 0.6) is 5.75 Å². The first-order chi connectivity index (χ1) is 7.81. The van der Waals surface area contributed by atoms with Gasteiger partial charge in [0.1, 0.15) is 5.75 Å². The minimum Gasteiger partial charge on any atom is -0.484 e. The first-order valence-corrected chi connectivity index (χ1v) is 4.48. The highest BCUT2D eigenvalue weighted by Gasteiger charge is 2.28. The summed E-state index contributed by atoms with van der Waals surface area (Å²) in [5, 5.41) is 13.1. The van der Waals surface area contributed by atoms with E-state index in [1.165, 1.54) is 19.2 Å². The van der Waals surface area contributed by atoms with Crippen LogP contribution in [0, 0.1) is 10.1 Å². The number of anilines is 1. The van der Waals surface area contributed by atoms with Crippen molar-refractivity contribution in [2.75, 3.05) is 19.0 Å². The number of halogens is 3. The Hall–Kier alpha value is -1.99. The molecule has 0 unspecified atom stereocenters. The van der Waals surface area contributed by atoms with E-state index in [0.717, 1.165) is 6.07 Å². The standard InChI is InChI=1S/C9H9F3N2O3/c1-13-6-2-7(14(15)16)4-8(3-6)17-5-9(10,11)12/h2-4,13H,5H2,1H3. The quantitative estimate of drug-likeness (QED) is 0.658. The molecule has 17 heavy (non-hydrogen) atoms. The van der Waals surface area contributed by atoms with Crippen LogP contribution < -0.4 is 10.1 Å². The summed E-state index contributed by atoms with van der Waals surface area (Å²) in [6.45, 7) is -1.49. The van der Waals surface area contributed by atoms with Gasteiger partial charge in [-0.1, -0.05) is 0 Å². The summed E-state index contributed by atoms with van der Waals surface area (Å²) in [6.07, 6.45) is -4.48. The largest absolute Gasteiger partial charge is 0.484 e. The van der Waals surface area contributed by atoms with Gasteiger partial charge in [-0.25, -0.2) is 0 Å². The Labute approximate surface area is 94.3 Å². The molecule has 0 aliphatic carbocycles. The summed E-state index contributed by atoms with van der Waals surface area (Å²) in [4.78, 5) is 9.82.